The molecular formula is C33H54N2. The van der Waals surface area contributed by atoms with Gasteiger partial charge in [0.25, 0.3) is 0 Å². The monoisotopic (exact) mass is 478 g/mol. The third kappa shape index (κ3) is 13.8. The number of hydrogen-bond donors (Lipinski definition) is 0. The number of unbranched alkanes of at least 4 members (excludes halogenated alkanes) is 13. The summed E-state index contributed by atoms with van der Waals surface area (Å²) in [7, 11) is 0. The summed E-state index contributed by atoms with van der Waals surface area (Å²) in [5.41, 5.74) is 3.84. The molecule has 0 aliphatic carbocycles. The molecule has 0 fully saturated rings. The highest BCUT2D eigenvalue weighted by molar-refractivity contribution is 5.55. The Morgan fingerprint density at radius 1 is 0.571 bits per heavy atom. The minimum Gasteiger partial charge on any atom is -0.236 e. The summed E-state index contributed by atoms with van der Waals surface area (Å²) in [6.45, 7) is 6.97. The Bertz CT molecular complexity index is 735. The molecular weight excluding hydrogens is 424 g/mol. The van der Waals surface area contributed by atoms with Crippen molar-refractivity contribution in [1.82, 2.24) is 9.97 Å². The number of hydrogen-bond acceptors (Lipinski definition) is 2. The standard InChI is InChI=1S/C33H54N2/c1-4-6-7-8-9-10-11-12-15-19-22-31-27-34-33(35-28-31)32-25-23-30(24-26-32)21-18-16-13-14-17-20-29(3)5-2/h23-29H,4-22H2,1-3H3. The molecule has 35 heavy (non-hydrogen) atoms. The average Bonchev–Trinajstić information content (AvgIpc) is 2.89. The van der Waals surface area contributed by atoms with Gasteiger partial charge in [-0.3, -0.25) is 0 Å². The van der Waals surface area contributed by atoms with Gasteiger partial charge >= 0.3 is 0 Å². The summed E-state index contributed by atoms with van der Waals surface area (Å²) in [6, 6.07) is 8.91. The number of rotatable bonds is 21. The fourth-order valence-electron chi connectivity index (χ4n) is 4.83. The summed E-state index contributed by atoms with van der Waals surface area (Å²) in [5, 5.41) is 0. The Hall–Kier alpha value is -1.70. The van der Waals surface area contributed by atoms with E-state index in [4.69, 9.17) is 0 Å². The molecule has 0 bridgehead atoms. The molecule has 1 aromatic carbocycles. The van der Waals surface area contributed by atoms with Gasteiger partial charge in [0.2, 0.25) is 0 Å². The normalized spacial score (nSPS) is 12.2. The van der Waals surface area contributed by atoms with Crippen LogP contribution in [0.5, 0.6) is 0 Å². The van der Waals surface area contributed by atoms with Gasteiger partial charge in [0.1, 0.15) is 0 Å². The van der Waals surface area contributed by atoms with Crippen molar-refractivity contribution in [2.24, 2.45) is 5.92 Å². The van der Waals surface area contributed by atoms with E-state index in [9.17, 15) is 0 Å². The maximum Gasteiger partial charge on any atom is 0.159 e. The van der Waals surface area contributed by atoms with Crippen LogP contribution in [0, 0.1) is 5.92 Å². The Balaban J connectivity index is 1.56. The summed E-state index contributed by atoms with van der Waals surface area (Å²) in [5.74, 6) is 1.75. The summed E-state index contributed by atoms with van der Waals surface area (Å²) in [6.07, 6.45) is 29.7. The smallest absolute Gasteiger partial charge is 0.159 e. The Morgan fingerprint density at radius 3 is 1.60 bits per heavy atom. The van der Waals surface area contributed by atoms with Crippen molar-refractivity contribution >= 4 is 0 Å². The predicted molar refractivity (Wildman–Crippen MR) is 154 cm³/mol. The second kappa shape index (κ2) is 19.5. The van der Waals surface area contributed by atoms with Gasteiger partial charge in [0, 0.05) is 18.0 Å². The highest BCUT2D eigenvalue weighted by Crippen LogP contribution is 2.19. The van der Waals surface area contributed by atoms with Crippen LogP contribution in [0.1, 0.15) is 141 Å². The molecule has 1 aromatic heterocycles. The average molecular weight is 479 g/mol. The van der Waals surface area contributed by atoms with E-state index in [0.29, 0.717) is 0 Å². The fourth-order valence-corrected chi connectivity index (χ4v) is 4.83. The maximum atomic E-state index is 4.65. The van der Waals surface area contributed by atoms with Crippen molar-refractivity contribution in [2.75, 3.05) is 0 Å². The van der Waals surface area contributed by atoms with Crippen molar-refractivity contribution in [3.8, 4) is 11.4 Å². The lowest BCUT2D eigenvalue weighted by atomic mass is 9.99. The van der Waals surface area contributed by atoms with Gasteiger partial charge in [-0.25, -0.2) is 9.97 Å². The van der Waals surface area contributed by atoms with E-state index in [2.05, 4.69) is 55.0 Å². The molecule has 0 spiro atoms. The quantitative estimate of drug-likeness (QED) is 0.167. The van der Waals surface area contributed by atoms with Crippen LogP contribution in [0.3, 0.4) is 0 Å². The SMILES string of the molecule is CCCCCCCCCCCCc1cnc(-c2ccc(CCCCCCCC(C)CC)cc2)nc1. The number of aryl methyl sites for hydroxylation is 2. The molecule has 0 aliphatic heterocycles. The van der Waals surface area contributed by atoms with Gasteiger partial charge in [-0.05, 0) is 42.7 Å². The Morgan fingerprint density at radius 2 is 1.06 bits per heavy atom. The molecule has 2 aromatic rings. The van der Waals surface area contributed by atoms with Gasteiger partial charge < -0.3 is 0 Å². The molecule has 0 amide bonds. The molecule has 0 saturated carbocycles. The molecule has 0 saturated heterocycles. The first kappa shape index (κ1) is 29.5. The maximum absolute atomic E-state index is 4.65. The largest absolute Gasteiger partial charge is 0.236 e. The second-order valence-electron chi connectivity index (χ2n) is 10.9. The van der Waals surface area contributed by atoms with Gasteiger partial charge in [-0.1, -0.05) is 141 Å². The van der Waals surface area contributed by atoms with E-state index in [1.165, 1.54) is 127 Å². The van der Waals surface area contributed by atoms with E-state index in [0.717, 1.165) is 23.7 Å². The van der Waals surface area contributed by atoms with Gasteiger partial charge in [-0.2, -0.15) is 0 Å². The minimum absolute atomic E-state index is 0.852. The van der Waals surface area contributed by atoms with E-state index < -0.39 is 0 Å². The summed E-state index contributed by atoms with van der Waals surface area (Å²) >= 11 is 0. The molecule has 196 valence electrons. The zero-order chi connectivity index (χ0) is 25.0. The van der Waals surface area contributed by atoms with Crippen molar-refractivity contribution in [1.29, 1.82) is 0 Å². The highest BCUT2D eigenvalue weighted by atomic mass is 14.9. The fraction of sp³-hybridized carbons (Fsp3) is 0.697. The Labute approximate surface area is 217 Å². The zero-order valence-electron chi connectivity index (χ0n) is 23.4. The van der Waals surface area contributed by atoms with Crippen LogP contribution in [0.4, 0.5) is 0 Å². The number of benzene rings is 1. The first-order chi connectivity index (χ1) is 17.2. The van der Waals surface area contributed by atoms with E-state index >= 15 is 0 Å². The topological polar surface area (TPSA) is 25.8 Å². The van der Waals surface area contributed by atoms with Crippen LogP contribution in [0.2, 0.25) is 0 Å². The van der Waals surface area contributed by atoms with Crippen LogP contribution in [-0.2, 0) is 12.8 Å². The van der Waals surface area contributed by atoms with Gasteiger partial charge in [0.15, 0.2) is 5.82 Å². The molecule has 1 unspecified atom stereocenters. The highest BCUT2D eigenvalue weighted by Gasteiger charge is 2.03. The molecule has 0 aliphatic rings. The molecule has 0 N–H and O–H groups in total. The Kier molecular flexibility index (Phi) is 16.4. The molecule has 0 radical (unpaired) electrons. The third-order valence-electron chi connectivity index (χ3n) is 7.60. The number of nitrogens with zero attached hydrogens (tertiary/aromatic N) is 2. The van der Waals surface area contributed by atoms with Gasteiger partial charge in [-0.15, -0.1) is 0 Å². The van der Waals surface area contributed by atoms with Crippen molar-refractivity contribution < 1.29 is 0 Å². The lowest BCUT2D eigenvalue weighted by Crippen LogP contribution is -1.94. The molecule has 2 rings (SSSR count). The molecule has 2 heteroatoms. The molecule has 1 heterocycles. The van der Waals surface area contributed by atoms with Crippen molar-refractivity contribution in [3.63, 3.8) is 0 Å². The number of aromatic nitrogens is 2. The first-order valence-corrected chi connectivity index (χ1v) is 15.1. The third-order valence-corrected chi connectivity index (χ3v) is 7.60. The van der Waals surface area contributed by atoms with Crippen molar-refractivity contribution in [3.05, 3.63) is 47.8 Å². The van der Waals surface area contributed by atoms with E-state index in [-0.39, 0.29) is 0 Å². The van der Waals surface area contributed by atoms with Crippen LogP contribution in [0.15, 0.2) is 36.7 Å². The first-order valence-electron chi connectivity index (χ1n) is 15.1. The summed E-state index contributed by atoms with van der Waals surface area (Å²) in [4.78, 5) is 9.31. The summed E-state index contributed by atoms with van der Waals surface area (Å²) < 4.78 is 0. The van der Waals surface area contributed by atoms with Crippen LogP contribution in [-0.4, -0.2) is 9.97 Å². The lowest BCUT2D eigenvalue weighted by Gasteiger charge is -2.07. The second-order valence-corrected chi connectivity index (χ2v) is 10.9. The lowest BCUT2D eigenvalue weighted by molar-refractivity contribution is 0.472. The van der Waals surface area contributed by atoms with Crippen LogP contribution < -0.4 is 0 Å². The van der Waals surface area contributed by atoms with Gasteiger partial charge in [0.05, 0.1) is 0 Å². The van der Waals surface area contributed by atoms with Crippen LogP contribution in [0.25, 0.3) is 11.4 Å². The van der Waals surface area contributed by atoms with Crippen molar-refractivity contribution in [2.45, 2.75) is 143 Å². The molecule has 2 nitrogen and oxygen atoms in total. The van der Waals surface area contributed by atoms with E-state index in [1.54, 1.807) is 0 Å². The predicted octanol–water partition coefficient (Wildman–Crippen LogP) is 10.5. The molecule has 1 atom stereocenters. The van der Waals surface area contributed by atoms with E-state index in [1.807, 2.05) is 12.4 Å². The minimum atomic E-state index is 0.852. The zero-order valence-corrected chi connectivity index (χ0v) is 23.4. The van der Waals surface area contributed by atoms with Crippen LogP contribution >= 0.6 is 0 Å².